The summed E-state index contributed by atoms with van der Waals surface area (Å²) >= 11 is 6.09. The van der Waals surface area contributed by atoms with Crippen molar-refractivity contribution in [1.29, 1.82) is 0 Å². The second-order valence-corrected chi connectivity index (χ2v) is 9.09. The van der Waals surface area contributed by atoms with Crippen molar-refractivity contribution in [1.82, 2.24) is 15.3 Å². The third-order valence-electron chi connectivity index (χ3n) is 6.01. The average Bonchev–Trinajstić information content (AvgIpc) is 3.08. The zero-order chi connectivity index (χ0) is 22.5. The molecule has 1 amide bonds. The topological polar surface area (TPSA) is 104 Å². The van der Waals surface area contributed by atoms with Crippen LogP contribution in [0.4, 0.5) is 0 Å². The van der Waals surface area contributed by atoms with E-state index in [0.717, 1.165) is 29.7 Å². The number of nitrogens with one attached hydrogen (secondary N) is 2. The number of fused-ring (bicyclic) bond motifs is 1. The van der Waals surface area contributed by atoms with E-state index < -0.39 is 12.6 Å². The van der Waals surface area contributed by atoms with E-state index in [-0.39, 0.29) is 18.4 Å². The molecular weight excluding hydrogens is 418 g/mol. The van der Waals surface area contributed by atoms with Gasteiger partial charge in [-0.1, -0.05) is 37.1 Å². The third kappa shape index (κ3) is 6.31. The number of aliphatic carboxylic acids is 1. The zero-order valence-electron chi connectivity index (χ0n) is 18.2. The SMILES string of the molecule is CC1=CC(CNC(=O)COCC(=O)O)C(C(C)C)CC1Cc1nc2ccc(Cl)cc2[nH]1. The van der Waals surface area contributed by atoms with Crippen LogP contribution < -0.4 is 5.32 Å². The number of carbonyl (C=O) groups excluding carboxylic acids is 1. The predicted molar refractivity (Wildman–Crippen MR) is 120 cm³/mol. The molecule has 31 heavy (non-hydrogen) atoms. The number of aromatic amines is 1. The molecule has 0 aliphatic heterocycles. The lowest BCUT2D eigenvalue weighted by Crippen LogP contribution is -2.38. The minimum absolute atomic E-state index is 0.231. The quantitative estimate of drug-likeness (QED) is 0.507. The molecule has 0 bridgehead atoms. The van der Waals surface area contributed by atoms with E-state index >= 15 is 0 Å². The van der Waals surface area contributed by atoms with Gasteiger partial charge in [0.15, 0.2) is 0 Å². The monoisotopic (exact) mass is 447 g/mol. The maximum absolute atomic E-state index is 12.0. The van der Waals surface area contributed by atoms with Crippen LogP contribution in [0.2, 0.25) is 5.02 Å². The summed E-state index contributed by atoms with van der Waals surface area (Å²) in [6.45, 7) is 6.37. The maximum atomic E-state index is 12.0. The number of amides is 1. The molecular formula is C23H30ClN3O4. The summed E-state index contributed by atoms with van der Waals surface area (Å²) in [6.07, 6.45) is 4.13. The van der Waals surface area contributed by atoms with Gasteiger partial charge in [0.25, 0.3) is 0 Å². The van der Waals surface area contributed by atoms with Gasteiger partial charge in [-0.2, -0.15) is 0 Å². The lowest BCUT2D eigenvalue weighted by atomic mass is 9.70. The number of carboxylic acid groups (broad SMARTS) is 1. The molecule has 168 valence electrons. The standard InChI is InChI=1S/C23H30ClN3O4/c1-13(2)18-7-15(8-21-26-19-5-4-17(24)9-20(19)27-21)14(3)6-16(18)10-25-22(28)11-31-12-23(29)30/h4-6,9,13,15-16,18H,7-8,10-12H2,1-3H3,(H,25,28)(H,26,27)(H,29,30). The van der Waals surface area contributed by atoms with Crippen LogP contribution >= 0.6 is 11.6 Å². The molecule has 3 unspecified atom stereocenters. The number of benzene rings is 1. The van der Waals surface area contributed by atoms with E-state index in [1.54, 1.807) is 0 Å². The normalized spacial score (nSPS) is 21.3. The number of nitrogens with zero attached hydrogens (tertiary/aromatic N) is 1. The molecule has 0 saturated heterocycles. The van der Waals surface area contributed by atoms with Gasteiger partial charge in [0.1, 0.15) is 19.0 Å². The van der Waals surface area contributed by atoms with Crippen LogP contribution in [0.3, 0.4) is 0 Å². The Morgan fingerprint density at radius 2 is 2.13 bits per heavy atom. The first-order valence-electron chi connectivity index (χ1n) is 10.6. The Morgan fingerprint density at radius 3 is 2.84 bits per heavy atom. The van der Waals surface area contributed by atoms with Crippen molar-refractivity contribution >= 4 is 34.5 Å². The molecule has 2 aromatic rings. The van der Waals surface area contributed by atoms with Gasteiger partial charge in [0, 0.05) is 18.0 Å². The van der Waals surface area contributed by atoms with Crippen molar-refractivity contribution in [3.63, 3.8) is 0 Å². The fourth-order valence-electron chi connectivity index (χ4n) is 4.39. The lowest BCUT2D eigenvalue weighted by molar-refractivity contribution is -0.143. The van der Waals surface area contributed by atoms with Crippen LogP contribution in [0.15, 0.2) is 29.8 Å². The molecule has 1 heterocycles. The molecule has 3 rings (SSSR count). The van der Waals surface area contributed by atoms with Crippen LogP contribution in [0, 0.1) is 23.7 Å². The van der Waals surface area contributed by atoms with E-state index in [2.05, 4.69) is 37.1 Å². The van der Waals surface area contributed by atoms with E-state index in [1.807, 2.05) is 18.2 Å². The minimum atomic E-state index is -1.09. The molecule has 0 fully saturated rings. The van der Waals surface area contributed by atoms with E-state index in [4.69, 9.17) is 26.4 Å². The summed E-state index contributed by atoms with van der Waals surface area (Å²) in [7, 11) is 0. The number of ether oxygens (including phenoxy) is 1. The highest BCUT2D eigenvalue weighted by molar-refractivity contribution is 6.31. The van der Waals surface area contributed by atoms with Gasteiger partial charge in [0.05, 0.1) is 11.0 Å². The highest BCUT2D eigenvalue weighted by Crippen LogP contribution is 2.38. The summed E-state index contributed by atoms with van der Waals surface area (Å²) in [5, 5.41) is 12.2. The summed E-state index contributed by atoms with van der Waals surface area (Å²) in [5.41, 5.74) is 3.17. The molecule has 7 nitrogen and oxygen atoms in total. The molecule has 0 radical (unpaired) electrons. The van der Waals surface area contributed by atoms with Gasteiger partial charge in [0.2, 0.25) is 5.91 Å². The number of halogens is 1. The summed E-state index contributed by atoms with van der Waals surface area (Å²) in [5.74, 6) is 1.08. The van der Waals surface area contributed by atoms with E-state index in [9.17, 15) is 9.59 Å². The first-order valence-corrected chi connectivity index (χ1v) is 11.0. The molecule has 8 heteroatoms. The summed E-state index contributed by atoms with van der Waals surface area (Å²) in [6, 6.07) is 5.67. The van der Waals surface area contributed by atoms with Crippen LogP contribution in [-0.2, 0) is 20.7 Å². The summed E-state index contributed by atoms with van der Waals surface area (Å²) in [4.78, 5) is 30.6. The molecule has 3 N–H and O–H groups in total. The molecule has 0 saturated carbocycles. The number of H-pyrrole nitrogens is 1. The number of imidazole rings is 1. The number of carbonyl (C=O) groups is 2. The van der Waals surface area contributed by atoms with Crippen LogP contribution in [-0.4, -0.2) is 46.7 Å². The van der Waals surface area contributed by atoms with Crippen molar-refractivity contribution in [3.8, 4) is 0 Å². The van der Waals surface area contributed by atoms with Gasteiger partial charge in [-0.25, -0.2) is 9.78 Å². The average molecular weight is 448 g/mol. The Hall–Kier alpha value is -2.38. The molecule has 1 aliphatic rings. The van der Waals surface area contributed by atoms with Crippen molar-refractivity contribution < 1.29 is 19.4 Å². The zero-order valence-corrected chi connectivity index (χ0v) is 18.9. The number of allylic oxidation sites excluding steroid dienone is 1. The van der Waals surface area contributed by atoms with Gasteiger partial charge < -0.3 is 20.1 Å². The fraction of sp³-hybridized carbons (Fsp3) is 0.522. The van der Waals surface area contributed by atoms with E-state index in [0.29, 0.717) is 29.3 Å². The molecule has 3 atom stereocenters. The Morgan fingerprint density at radius 1 is 1.35 bits per heavy atom. The Balaban J connectivity index is 1.64. The van der Waals surface area contributed by atoms with Crippen molar-refractivity contribution in [3.05, 3.63) is 40.7 Å². The smallest absolute Gasteiger partial charge is 0.329 e. The third-order valence-corrected chi connectivity index (χ3v) is 6.25. The number of hydrogen-bond donors (Lipinski definition) is 3. The number of rotatable bonds is 9. The Bertz CT molecular complexity index is 969. The molecule has 0 spiro atoms. The van der Waals surface area contributed by atoms with Crippen molar-refractivity contribution in [2.75, 3.05) is 19.8 Å². The van der Waals surface area contributed by atoms with Crippen molar-refractivity contribution in [2.24, 2.45) is 23.7 Å². The van der Waals surface area contributed by atoms with Gasteiger partial charge in [-0.3, -0.25) is 4.79 Å². The first-order chi connectivity index (χ1) is 14.7. The van der Waals surface area contributed by atoms with Gasteiger partial charge in [-0.15, -0.1) is 0 Å². The fourth-order valence-corrected chi connectivity index (χ4v) is 4.56. The second-order valence-electron chi connectivity index (χ2n) is 8.65. The first kappa shape index (κ1) is 23.3. The maximum Gasteiger partial charge on any atom is 0.329 e. The molecule has 1 aromatic heterocycles. The van der Waals surface area contributed by atoms with Crippen LogP contribution in [0.25, 0.3) is 11.0 Å². The molecule has 1 aromatic carbocycles. The Labute approximate surface area is 187 Å². The highest BCUT2D eigenvalue weighted by Gasteiger charge is 2.32. The highest BCUT2D eigenvalue weighted by atomic mass is 35.5. The number of hydrogen-bond acceptors (Lipinski definition) is 4. The van der Waals surface area contributed by atoms with E-state index in [1.165, 1.54) is 5.57 Å². The van der Waals surface area contributed by atoms with Crippen LogP contribution in [0.1, 0.15) is 33.0 Å². The van der Waals surface area contributed by atoms with Gasteiger partial charge in [-0.05, 0) is 55.2 Å². The van der Waals surface area contributed by atoms with Crippen LogP contribution in [0.5, 0.6) is 0 Å². The lowest BCUT2D eigenvalue weighted by Gasteiger charge is -2.37. The van der Waals surface area contributed by atoms with Crippen molar-refractivity contribution in [2.45, 2.75) is 33.6 Å². The minimum Gasteiger partial charge on any atom is -0.480 e. The predicted octanol–water partition coefficient (Wildman–Crippen LogP) is 3.83. The summed E-state index contributed by atoms with van der Waals surface area (Å²) < 4.78 is 4.86. The molecule has 1 aliphatic carbocycles. The number of aromatic nitrogens is 2. The second kappa shape index (κ2) is 10.3. The van der Waals surface area contributed by atoms with Gasteiger partial charge >= 0.3 is 5.97 Å². The largest absolute Gasteiger partial charge is 0.480 e. The Kier molecular flexibility index (Phi) is 7.73. The number of carboxylic acids is 1.